The SMILES string of the molecule is N#Cc1cccc(Oc2ccc(C(=O)OCC(=O)c3ccc(F)cc3)cc2)c1C#N. The summed E-state index contributed by atoms with van der Waals surface area (Å²) in [6, 6.07) is 19.3. The number of benzene rings is 3. The highest BCUT2D eigenvalue weighted by atomic mass is 19.1. The number of hydrogen-bond acceptors (Lipinski definition) is 6. The number of halogens is 1. The highest BCUT2D eigenvalue weighted by Crippen LogP contribution is 2.27. The van der Waals surface area contributed by atoms with E-state index in [0.717, 1.165) is 12.1 Å². The van der Waals surface area contributed by atoms with Gasteiger partial charge in [0.25, 0.3) is 0 Å². The Labute approximate surface area is 171 Å². The van der Waals surface area contributed by atoms with E-state index in [1.165, 1.54) is 42.5 Å². The van der Waals surface area contributed by atoms with Crippen LogP contribution in [0.4, 0.5) is 4.39 Å². The van der Waals surface area contributed by atoms with Crippen molar-refractivity contribution >= 4 is 11.8 Å². The summed E-state index contributed by atoms with van der Waals surface area (Å²) in [6.07, 6.45) is 0. The number of ketones is 1. The summed E-state index contributed by atoms with van der Waals surface area (Å²) in [5.74, 6) is -1.06. The standard InChI is InChI=1S/C23H13FN2O4/c24-18-8-4-15(5-9-18)21(27)14-29-23(28)16-6-10-19(11-7-16)30-22-3-1-2-17(12-25)20(22)13-26/h1-11H,14H2. The summed E-state index contributed by atoms with van der Waals surface area (Å²) < 4.78 is 23.5. The lowest BCUT2D eigenvalue weighted by Crippen LogP contribution is -2.14. The predicted octanol–water partition coefficient (Wildman–Crippen LogP) is 4.40. The molecule has 0 bridgehead atoms. The van der Waals surface area contributed by atoms with Gasteiger partial charge in [-0.15, -0.1) is 0 Å². The highest BCUT2D eigenvalue weighted by Gasteiger charge is 2.13. The fourth-order valence-electron chi connectivity index (χ4n) is 2.54. The van der Waals surface area contributed by atoms with Crippen LogP contribution in [0.1, 0.15) is 31.8 Å². The quantitative estimate of drug-likeness (QED) is 0.449. The Kier molecular flexibility index (Phi) is 6.17. The van der Waals surface area contributed by atoms with Gasteiger partial charge >= 0.3 is 5.97 Å². The molecular weight excluding hydrogens is 387 g/mol. The lowest BCUT2D eigenvalue weighted by atomic mass is 10.1. The molecule has 0 amide bonds. The van der Waals surface area contributed by atoms with Crippen LogP contribution in [0.5, 0.6) is 11.5 Å². The first-order valence-electron chi connectivity index (χ1n) is 8.69. The summed E-state index contributed by atoms with van der Waals surface area (Å²) in [4.78, 5) is 24.1. The molecule has 3 aromatic carbocycles. The van der Waals surface area contributed by atoms with E-state index in [9.17, 15) is 19.2 Å². The van der Waals surface area contributed by atoms with E-state index < -0.39 is 24.2 Å². The fourth-order valence-corrected chi connectivity index (χ4v) is 2.54. The summed E-state index contributed by atoms with van der Waals surface area (Å²) in [5, 5.41) is 18.3. The minimum atomic E-state index is -0.707. The summed E-state index contributed by atoms with van der Waals surface area (Å²) in [7, 11) is 0. The molecule has 0 radical (unpaired) electrons. The van der Waals surface area contributed by atoms with Crippen LogP contribution < -0.4 is 4.74 Å². The van der Waals surface area contributed by atoms with Crippen LogP contribution >= 0.6 is 0 Å². The van der Waals surface area contributed by atoms with Gasteiger partial charge in [-0.05, 0) is 60.7 Å². The maximum Gasteiger partial charge on any atom is 0.338 e. The molecule has 0 fully saturated rings. The Morgan fingerprint density at radius 2 is 1.53 bits per heavy atom. The molecule has 3 rings (SSSR count). The van der Waals surface area contributed by atoms with Gasteiger partial charge < -0.3 is 9.47 Å². The third kappa shape index (κ3) is 4.67. The number of nitriles is 2. The number of hydrogen-bond donors (Lipinski definition) is 0. The third-order valence-electron chi connectivity index (χ3n) is 4.08. The average molecular weight is 400 g/mol. The van der Waals surface area contributed by atoms with E-state index in [0.29, 0.717) is 5.75 Å². The molecule has 7 heteroatoms. The minimum Gasteiger partial charge on any atom is -0.456 e. The van der Waals surface area contributed by atoms with E-state index in [1.54, 1.807) is 12.1 Å². The maximum atomic E-state index is 12.9. The third-order valence-corrected chi connectivity index (χ3v) is 4.08. The second-order valence-electron chi connectivity index (χ2n) is 6.03. The highest BCUT2D eigenvalue weighted by molar-refractivity contribution is 5.99. The second kappa shape index (κ2) is 9.13. The zero-order valence-electron chi connectivity index (χ0n) is 15.5. The number of esters is 1. The van der Waals surface area contributed by atoms with Crippen molar-refractivity contribution in [1.29, 1.82) is 10.5 Å². The molecule has 0 aliphatic heterocycles. The molecule has 0 heterocycles. The van der Waals surface area contributed by atoms with Gasteiger partial charge in [0.15, 0.2) is 12.4 Å². The number of ether oxygens (including phenoxy) is 2. The number of carbonyl (C=O) groups excluding carboxylic acids is 2. The van der Waals surface area contributed by atoms with Crippen LogP contribution in [-0.4, -0.2) is 18.4 Å². The first kappa shape index (κ1) is 20.2. The van der Waals surface area contributed by atoms with Gasteiger partial charge in [-0.25, -0.2) is 9.18 Å². The van der Waals surface area contributed by atoms with Crippen molar-refractivity contribution in [3.63, 3.8) is 0 Å². The molecule has 0 saturated heterocycles. The van der Waals surface area contributed by atoms with Crippen LogP contribution in [-0.2, 0) is 4.74 Å². The molecular formula is C23H13FN2O4. The van der Waals surface area contributed by atoms with Gasteiger partial charge in [0.2, 0.25) is 0 Å². The van der Waals surface area contributed by atoms with E-state index in [-0.39, 0.29) is 28.0 Å². The number of rotatable bonds is 6. The van der Waals surface area contributed by atoms with Gasteiger partial charge in [0.1, 0.15) is 35.0 Å². The number of nitrogens with zero attached hydrogens (tertiary/aromatic N) is 2. The van der Waals surface area contributed by atoms with Crippen molar-refractivity contribution < 1.29 is 23.5 Å². The van der Waals surface area contributed by atoms with Crippen LogP contribution in [0.25, 0.3) is 0 Å². The number of carbonyl (C=O) groups is 2. The lowest BCUT2D eigenvalue weighted by molar-refractivity contribution is 0.0474. The van der Waals surface area contributed by atoms with Gasteiger partial charge in [0, 0.05) is 5.56 Å². The number of Topliss-reactive ketones (excluding diaryl/α,β-unsaturated/α-hetero) is 1. The molecule has 6 nitrogen and oxygen atoms in total. The summed E-state index contributed by atoms with van der Waals surface area (Å²) >= 11 is 0. The zero-order chi connectivity index (χ0) is 21.5. The van der Waals surface area contributed by atoms with Crippen molar-refractivity contribution in [2.45, 2.75) is 0 Å². The molecule has 0 N–H and O–H groups in total. The van der Waals surface area contributed by atoms with Gasteiger partial charge in [-0.2, -0.15) is 10.5 Å². The molecule has 3 aromatic rings. The molecule has 0 aliphatic carbocycles. The molecule has 0 saturated carbocycles. The first-order chi connectivity index (χ1) is 14.5. The largest absolute Gasteiger partial charge is 0.456 e. The Hall–Kier alpha value is -4.49. The van der Waals surface area contributed by atoms with Gasteiger partial charge in [0.05, 0.1) is 11.1 Å². The zero-order valence-corrected chi connectivity index (χ0v) is 15.5. The Balaban J connectivity index is 1.64. The Morgan fingerprint density at radius 3 is 2.17 bits per heavy atom. The normalized spacial score (nSPS) is 9.83. The van der Waals surface area contributed by atoms with E-state index in [2.05, 4.69) is 0 Å². The van der Waals surface area contributed by atoms with Crippen LogP contribution in [0, 0.1) is 28.5 Å². The maximum absolute atomic E-state index is 12.9. The van der Waals surface area contributed by atoms with Crippen LogP contribution in [0.2, 0.25) is 0 Å². The van der Waals surface area contributed by atoms with E-state index >= 15 is 0 Å². The Morgan fingerprint density at radius 1 is 0.867 bits per heavy atom. The van der Waals surface area contributed by atoms with Crippen LogP contribution in [0.3, 0.4) is 0 Å². The van der Waals surface area contributed by atoms with Gasteiger partial charge in [-0.3, -0.25) is 4.79 Å². The summed E-state index contributed by atoms with van der Waals surface area (Å²) in [5.41, 5.74) is 0.741. The first-order valence-corrected chi connectivity index (χ1v) is 8.69. The van der Waals surface area contributed by atoms with Crippen molar-refractivity contribution in [3.05, 3.63) is 94.8 Å². The monoisotopic (exact) mass is 400 g/mol. The van der Waals surface area contributed by atoms with Crippen LogP contribution in [0.15, 0.2) is 66.7 Å². The molecule has 30 heavy (non-hydrogen) atoms. The fraction of sp³-hybridized carbons (Fsp3) is 0.0435. The molecule has 0 aliphatic rings. The smallest absolute Gasteiger partial charge is 0.338 e. The molecule has 0 spiro atoms. The Bertz CT molecular complexity index is 1170. The molecule has 146 valence electrons. The van der Waals surface area contributed by atoms with Crippen molar-refractivity contribution in [1.82, 2.24) is 0 Å². The van der Waals surface area contributed by atoms with Crippen molar-refractivity contribution in [2.75, 3.05) is 6.61 Å². The molecule has 0 aromatic heterocycles. The molecule has 0 unspecified atom stereocenters. The summed E-state index contributed by atoms with van der Waals surface area (Å²) in [6.45, 7) is -0.477. The second-order valence-corrected chi connectivity index (χ2v) is 6.03. The topological polar surface area (TPSA) is 100 Å². The van der Waals surface area contributed by atoms with Crippen molar-refractivity contribution in [3.8, 4) is 23.6 Å². The van der Waals surface area contributed by atoms with Gasteiger partial charge in [-0.1, -0.05) is 6.07 Å². The van der Waals surface area contributed by atoms with E-state index in [1.807, 2.05) is 12.1 Å². The van der Waals surface area contributed by atoms with Crippen molar-refractivity contribution in [2.24, 2.45) is 0 Å². The average Bonchev–Trinajstić information content (AvgIpc) is 2.78. The predicted molar refractivity (Wildman–Crippen MR) is 103 cm³/mol. The van der Waals surface area contributed by atoms with E-state index in [4.69, 9.17) is 14.7 Å². The lowest BCUT2D eigenvalue weighted by Gasteiger charge is -2.09. The minimum absolute atomic E-state index is 0.114. The molecule has 0 atom stereocenters.